The number of ether oxygens (including phenoxy) is 2. The minimum Gasteiger partial charge on any atom is -0.494 e. The van der Waals surface area contributed by atoms with Crippen molar-refractivity contribution in [1.82, 2.24) is 0 Å². The van der Waals surface area contributed by atoms with Gasteiger partial charge in [0.05, 0.1) is 18.8 Å². The van der Waals surface area contributed by atoms with Gasteiger partial charge in [-0.15, -0.1) is 0 Å². The molecule has 0 fully saturated rings. The third-order valence-corrected chi connectivity index (χ3v) is 6.04. The summed E-state index contributed by atoms with van der Waals surface area (Å²) >= 11 is 12.7. The monoisotopic (exact) mass is 478 g/mol. The lowest BCUT2D eigenvalue weighted by Gasteiger charge is -2.13. The van der Waals surface area contributed by atoms with Crippen molar-refractivity contribution in [3.8, 4) is 16.9 Å². The second-order valence-corrected chi connectivity index (χ2v) is 8.93. The highest BCUT2D eigenvalue weighted by atomic mass is 35.5. The normalized spacial score (nSPS) is 10.9. The fourth-order valence-electron chi connectivity index (χ4n) is 3.72. The van der Waals surface area contributed by atoms with E-state index in [9.17, 15) is 4.79 Å². The van der Waals surface area contributed by atoms with E-state index in [1.54, 1.807) is 24.3 Å². The van der Waals surface area contributed by atoms with Crippen molar-refractivity contribution in [2.24, 2.45) is 0 Å². The summed E-state index contributed by atoms with van der Waals surface area (Å²) in [5.74, 6) is 0.335. The van der Waals surface area contributed by atoms with Gasteiger partial charge in [0.1, 0.15) is 5.75 Å². The van der Waals surface area contributed by atoms with Crippen molar-refractivity contribution >= 4 is 29.2 Å². The number of rotatable bonds is 15. The van der Waals surface area contributed by atoms with Crippen LogP contribution in [0.5, 0.6) is 5.75 Å². The number of esters is 1. The van der Waals surface area contributed by atoms with Crippen molar-refractivity contribution in [2.75, 3.05) is 13.2 Å². The summed E-state index contributed by atoms with van der Waals surface area (Å²) in [6, 6.07) is 10.5. The number of unbranched alkanes of at least 4 members (excludes halogenated alkanes) is 9. The van der Waals surface area contributed by atoms with Crippen LogP contribution in [0, 0.1) is 0 Å². The van der Waals surface area contributed by atoms with Crippen molar-refractivity contribution in [3.63, 3.8) is 0 Å². The number of carbonyl (C=O) groups is 1. The number of hydrogen-bond acceptors (Lipinski definition) is 3. The Labute approximate surface area is 203 Å². The molecule has 0 aliphatic carbocycles. The quantitative estimate of drug-likeness (QED) is 0.189. The van der Waals surface area contributed by atoms with Crippen LogP contribution in [0.4, 0.5) is 0 Å². The molecule has 0 aromatic heterocycles. The number of benzene rings is 2. The lowest BCUT2D eigenvalue weighted by atomic mass is 9.99. The fraction of sp³-hybridized carbons (Fsp3) is 0.519. The molecule has 2 aromatic carbocycles. The van der Waals surface area contributed by atoms with Gasteiger partial charge >= 0.3 is 5.97 Å². The van der Waals surface area contributed by atoms with Gasteiger partial charge < -0.3 is 9.47 Å². The van der Waals surface area contributed by atoms with Crippen LogP contribution in [0.15, 0.2) is 36.4 Å². The second kappa shape index (κ2) is 15.2. The fourth-order valence-corrected chi connectivity index (χ4v) is 4.11. The Kier molecular flexibility index (Phi) is 12.6. The van der Waals surface area contributed by atoms with E-state index in [4.69, 9.17) is 32.7 Å². The zero-order valence-corrected chi connectivity index (χ0v) is 20.9. The average molecular weight is 479 g/mol. The summed E-state index contributed by atoms with van der Waals surface area (Å²) in [5.41, 5.74) is 1.81. The van der Waals surface area contributed by atoms with Crippen LogP contribution in [-0.2, 0) is 4.74 Å². The largest absolute Gasteiger partial charge is 0.494 e. The molecule has 32 heavy (non-hydrogen) atoms. The van der Waals surface area contributed by atoms with Crippen molar-refractivity contribution < 1.29 is 14.3 Å². The smallest absolute Gasteiger partial charge is 0.338 e. The first-order chi connectivity index (χ1) is 15.6. The van der Waals surface area contributed by atoms with Crippen LogP contribution < -0.4 is 4.74 Å². The Hall–Kier alpha value is -1.71. The minimum atomic E-state index is -0.356. The summed E-state index contributed by atoms with van der Waals surface area (Å²) < 4.78 is 11.2. The third-order valence-electron chi connectivity index (χ3n) is 5.47. The maximum Gasteiger partial charge on any atom is 0.338 e. The van der Waals surface area contributed by atoms with E-state index in [0.29, 0.717) is 45.7 Å². The van der Waals surface area contributed by atoms with E-state index in [1.807, 2.05) is 19.1 Å². The first-order valence-corrected chi connectivity index (χ1v) is 12.7. The second-order valence-electron chi connectivity index (χ2n) is 8.08. The molecule has 3 nitrogen and oxygen atoms in total. The molecule has 0 bridgehead atoms. The van der Waals surface area contributed by atoms with E-state index in [0.717, 1.165) is 12.8 Å². The molecule has 0 radical (unpaired) electrons. The first-order valence-electron chi connectivity index (χ1n) is 12.0. The van der Waals surface area contributed by atoms with Gasteiger partial charge in [0.25, 0.3) is 0 Å². The summed E-state index contributed by atoms with van der Waals surface area (Å²) in [6.45, 7) is 5.13. The molecular formula is C27H36Cl2O3. The molecule has 0 unspecified atom stereocenters. The molecule has 0 atom stereocenters. The SMILES string of the molecule is CCCCCCCCCCCCOC(=O)c1ccc(Cl)cc1-c1cc(OCC)ccc1Cl. The summed E-state index contributed by atoms with van der Waals surface area (Å²) in [4.78, 5) is 12.8. The highest BCUT2D eigenvalue weighted by molar-refractivity contribution is 6.34. The molecule has 0 saturated carbocycles. The number of halogens is 2. The number of carbonyl (C=O) groups excluding carboxylic acids is 1. The number of hydrogen-bond donors (Lipinski definition) is 0. The highest BCUT2D eigenvalue weighted by Gasteiger charge is 2.17. The molecule has 0 aliphatic heterocycles. The Morgan fingerprint density at radius 2 is 1.44 bits per heavy atom. The topological polar surface area (TPSA) is 35.5 Å². The summed E-state index contributed by atoms with van der Waals surface area (Å²) in [6.07, 6.45) is 12.4. The van der Waals surface area contributed by atoms with E-state index >= 15 is 0 Å². The third kappa shape index (κ3) is 9.03. The average Bonchev–Trinajstić information content (AvgIpc) is 2.78. The van der Waals surface area contributed by atoms with Crippen LogP contribution in [0.1, 0.15) is 88.4 Å². The van der Waals surface area contributed by atoms with Crippen LogP contribution in [0.3, 0.4) is 0 Å². The molecule has 5 heteroatoms. The van der Waals surface area contributed by atoms with E-state index in [1.165, 1.54) is 51.4 Å². The Morgan fingerprint density at radius 3 is 2.09 bits per heavy atom. The van der Waals surface area contributed by atoms with Crippen LogP contribution in [0.2, 0.25) is 10.0 Å². The molecule has 0 aliphatic rings. The standard InChI is InChI=1S/C27H36Cl2O3/c1-3-5-6-7-8-9-10-11-12-13-18-32-27(30)23-16-14-21(28)19-24(23)25-20-22(31-4-2)15-17-26(25)29/h14-17,19-20H,3-13,18H2,1-2H3. The predicted octanol–water partition coefficient (Wildman–Crippen LogP) is 9.14. The Bertz CT molecular complexity index is 836. The molecular weight excluding hydrogens is 443 g/mol. The van der Waals surface area contributed by atoms with Gasteiger partial charge in [0.15, 0.2) is 0 Å². The van der Waals surface area contributed by atoms with Crippen LogP contribution in [0.25, 0.3) is 11.1 Å². The maximum atomic E-state index is 12.8. The Morgan fingerprint density at radius 1 is 0.781 bits per heavy atom. The van der Waals surface area contributed by atoms with Crippen molar-refractivity contribution in [3.05, 3.63) is 52.0 Å². The van der Waals surface area contributed by atoms with Gasteiger partial charge in [-0.1, -0.05) is 87.9 Å². The van der Waals surface area contributed by atoms with Gasteiger partial charge in [-0.05, 0) is 55.3 Å². The first kappa shape index (κ1) is 26.5. The Balaban J connectivity index is 1.86. The lowest BCUT2D eigenvalue weighted by molar-refractivity contribution is 0.0498. The molecule has 0 amide bonds. The van der Waals surface area contributed by atoms with Gasteiger partial charge in [0, 0.05) is 15.6 Å². The summed E-state index contributed by atoms with van der Waals surface area (Å²) in [7, 11) is 0. The molecule has 0 N–H and O–H groups in total. The van der Waals surface area contributed by atoms with E-state index in [2.05, 4.69) is 6.92 Å². The zero-order valence-electron chi connectivity index (χ0n) is 19.4. The van der Waals surface area contributed by atoms with Gasteiger partial charge in [-0.3, -0.25) is 0 Å². The van der Waals surface area contributed by atoms with E-state index in [-0.39, 0.29) is 5.97 Å². The molecule has 0 saturated heterocycles. The molecule has 176 valence electrons. The molecule has 2 aromatic rings. The molecule has 0 heterocycles. The van der Waals surface area contributed by atoms with Gasteiger partial charge in [0.2, 0.25) is 0 Å². The predicted molar refractivity (Wildman–Crippen MR) is 135 cm³/mol. The maximum absolute atomic E-state index is 12.8. The van der Waals surface area contributed by atoms with E-state index < -0.39 is 0 Å². The molecule has 2 rings (SSSR count). The summed E-state index contributed by atoms with van der Waals surface area (Å²) in [5, 5.41) is 1.06. The zero-order chi connectivity index (χ0) is 23.2. The van der Waals surface area contributed by atoms with Crippen LogP contribution in [-0.4, -0.2) is 19.2 Å². The van der Waals surface area contributed by atoms with Crippen molar-refractivity contribution in [1.29, 1.82) is 0 Å². The van der Waals surface area contributed by atoms with Gasteiger partial charge in [-0.2, -0.15) is 0 Å². The minimum absolute atomic E-state index is 0.356. The van der Waals surface area contributed by atoms with Gasteiger partial charge in [-0.25, -0.2) is 4.79 Å². The highest BCUT2D eigenvalue weighted by Crippen LogP contribution is 2.35. The lowest BCUT2D eigenvalue weighted by Crippen LogP contribution is -2.08. The van der Waals surface area contributed by atoms with Crippen molar-refractivity contribution in [2.45, 2.75) is 78.1 Å². The molecule has 0 spiro atoms. The van der Waals surface area contributed by atoms with Crippen LogP contribution >= 0.6 is 23.2 Å².